The van der Waals surface area contributed by atoms with Gasteiger partial charge in [0.2, 0.25) is 0 Å². The Balaban J connectivity index is 2.00. The molecule has 2 rings (SSSR count). The van der Waals surface area contributed by atoms with Crippen molar-refractivity contribution in [2.24, 2.45) is 0 Å². The fourth-order valence-electron chi connectivity index (χ4n) is 2.37. The van der Waals surface area contributed by atoms with Gasteiger partial charge in [-0.25, -0.2) is 4.98 Å². The molecule has 0 atom stereocenters. The molecule has 1 aromatic carbocycles. The van der Waals surface area contributed by atoms with Crippen LogP contribution in [-0.2, 0) is 13.0 Å². The van der Waals surface area contributed by atoms with Gasteiger partial charge >= 0.3 is 0 Å². The smallest absolute Gasteiger partial charge is 0.131 e. The van der Waals surface area contributed by atoms with E-state index in [0.29, 0.717) is 0 Å². The molecule has 3 nitrogen and oxygen atoms in total. The van der Waals surface area contributed by atoms with E-state index in [4.69, 9.17) is 0 Å². The second kappa shape index (κ2) is 7.06. The van der Waals surface area contributed by atoms with Crippen molar-refractivity contribution in [2.75, 3.05) is 25.5 Å². The molecular weight excluding hydrogens is 246 g/mol. The van der Waals surface area contributed by atoms with Gasteiger partial charge < -0.3 is 10.2 Å². The van der Waals surface area contributed by atoms with Crippen LogP contribution in [0, 0.1) is 6.92 Å². The summed E-state index contributed by atoms with van der Waals surface area (Å²) in [6, 6.07) is 12.8. The SMILES string of the molecule is CNCc1cnc(N(C)CCc2ccccc2)c(C)c1. The predicted molar refractivity (Wildman–Crippen MR) is 85.2 cm³/mol. The zero-order valence-electron chi connectivity index (χ0n) is 12.6. The number of likely N-dealkylation sites (N-methyl/N-ethyl adjacent to an activating group) is 1. The van der Waals surface area contributed by atoms with Gasteiger partial charge in [-0.3, -0.25) is 0 Å². The molecular formula is C17H23N3. The number of anilines is 1. The Labute approximate surface area is 121 Å². The second-order valence-corrected chi connectivity index (χ2v) is 5.17. The number of hydrogen-bond acceptors (Lipinski definition) is 3. The first kappa shape index (κ1) is 14.5. The fraction of sp³-hybridized carbons (Fsp3) is 0.353. The van der Waals surface area contributed by atoms with Crippen LogP contribution in [0.25, 0.3) is 0 Å². The van der Waals surface area contributed by atoms with E-state index in [1.54, 1.807) is 0 Å². The van der Waals surface area contributed by atoms with E-state index in [9.17, 15) is 0 Å². The van der Waals surface area contributed by atoms with Crippen LogP contribution < -0.4 is 10.2 Å². The molecule has 2 aromatic rings. The summed E-state index contributed by atoms with van der Waals surface area (Å²) >= 11 is 0. The Morgan fingerprint density at radius 3 is 2.55 bits per heavy atom. The number of aromatic nitrogens is 1. The third-order valence-electron chi connectivity index (χ3n) is 3.43. The van der Waals surface area contributed by atoms with Crippen LogP contribution in [-0.4, -0.2) is 25.6 Å². The molecule has 3 heteroatoms. The summed E-state index contributed by atoms with van der Waals surface area (Å²) in [5.74, 6) is 1.07. The van der Waals surface area contributed by atoms with Crippen molar-refractivity contribution in [3.63, 3.8) is 0 Å². The van der Waals surface area contributed by atoms with Crippen LogP contribution in [0.3, 0.4) is 0 Å². The zero-order chi connectivity index (χ0) is 14.4. The zero-order valence-corrected chi connectivity index (χ0v) is 12.6. The summed E-state index contributed by atoms with van der Waals surface area (Å²) < 4.78 is 0. The first-order valence-corrected chi connectivity index (χ1v) is 7.06. The quantitative estimate of drug-likeness (QED) is 0.874. The number of pyridine rings is 1. The first-order chi connectivity index (χ1) is 9.70. The van der Waals surface area contributed by atoms with Gasteiger partial charge in [-0.15, -0.1) is 0 Å². The third-order valence-corrected chi connectivity index (χ3v) is 3.43. The summed E-state index contributed by atoms with van der Waals surface area (Å²) in [4.78, 5) is 6.82. The molecule has 20 heavy (non-hydrogen) atoms. The third kappa shape index (κ3) is 3.81. The minimum atomic E-state index is 0.863. The number of hydrogen-bond donors (Lipinski definition) is 1. The Morgan fingerprint density at radius 2 is 1.90 bits per heavy atom. The highest BCUT2D eigenvalue weighted by atomic mass is 15.2. The van der Waals surface area contributed by atoms with Gasteiger partial charge in [0, 0.05) is 26.3 Å². The van der Waals surface area contributed by atoms with E-state index in [1.807, 2.05) is 13.2 Å². The number of nitrogens with one attached hydrogen (secondary N) is 1. The van der Waals surface area contributed by atoms with Crippen molar-refractivity contribution >= 4 is 5.82 Å². The van der Waals surface area contributed by atoms with Crippen molar-refractivity contribution in [1.82, 2.24) is 10.3 Å². The molecule has 0 unspecified atom stereocenters. The average Bonchev–Trinajstić information content (AvgIpc) is 2.46. The van der Waals surface area contributed by atoms with E-state index in [2.05, 4.69) is 65.6 Å². The fourth-order valence-corrected chi connectivity index (χ4v) is 2.37. The second-order valence-electron chi connectivity index (χ2n) is 5.17. The number of rotatable bonds is 6. The highest BCUT2D eigenvalue weighted by Crippen LogP contribution is 2.17. The average molecular weight is 269 g/mol. The lowest BCUT2D eigenvalue weighted by Crippen LogP contribution is -2.22. The lowest BCUT2D eigenvalue weighted by molar-refractivity contribution is 0.805. The molecule has 0 spiro atoms. The maximum Gasteiger partial charge on any atom is 0.131 e. The Kier molecular flexibility index (Phi) is 5.13. The Morgan fingerprint density at radius 1 is 1.15 bits per heavy atom. The molecule has 0 saturated heterocycles. The van der Waals surface area contributed by atoms with Crippen molar-refractivity contribution in [1.29, 1.82) is 0 Å². The van der Waals surface area contributed by atoms with E-state index < -0.39 is 0 Å². The summed E-state index contributed by atoms with van der Waals surface area (Å²) in [6.07, 6.45) is 2.99. The number of nitrogens with zero attached hydrogens (tertiary/aromatic N) is 2. The van der Waals surface area contributed by atoms with Crippen LogP contribution in [0.15, 0.2) is 42.6 Å². The lowest BCUT2D eigenvalue weighted by Gasteiger charge is -2.20. The number of aryl methyl sites for hydroxylation is 1. The monoisotopic (exact) mass is 269 g/mol. The van der Waals surface area contributed by atoms with Gasteiger partial charge in [0.1, 0.15) is 5.82 Å². The summed E-state index contributed by atoms with van der Waals surface area (Å²) in [5, 5.41) is 3.15. The molecule has 0 bridgehead atoms. The summed E-state index contributed by atoms with van der Waals surface area (Å²) in [5.41, 5.74) is 3.82. The molecule has 0 fully saturated rings. The van der Waals surface area contributed by atoms with Crippen molar-refractivity contribution < 1.29 is 0 Å². The number of benzene rings is 1. The van der Waals surface area contributed by atoms with Gasteiger partial charge in [0.25, 0.3) is 0 Å². The van der Waals surface area contributed by atoms with Gasteiger partial charge in [0.05, 0.1) is 0 Å². The summed E-state index contributed by atoms with van der Waals surface area (Å²) in [6.45, 7) is 3.96. The van der Waals surface area contributed by atoms with Crippen LogP contribution in [0.4, 0.5) is 5.82 Å². The largest absolute Gasteiger partial charge is 0.359 e. The maximum atomic E-state index is 4.59. The van der Waals surface area contributed by atoms with Crippen LogP contribution in [0.5, 0.6) is 0 Å². The Hall–Kier alpha value is -1.87. The van der Waals surface area contributed by atoms with Gasteiger partial charge in [-0.2, -0.15) is 0 Å². The van der Waals surface area contributed by atoms with Crippen LogP contribution >= 0.6 is 0 Å². The normalized spacial score (nSPS) is 10.6. The predicted octanol–water partition coefficient (Wildman–Crippen LogP) is 2.79. The van der Waals surface area contributed by atoms with E-state index >= 15 is 0 Å². The highest BCUT2D eigenvalue weighted by Gasteiger charge is 2.07. The van der Waals surface area contributed by atoms with Crippen molar-refractivity contribution in [3.05, 3.63) is 59.3 Å². The minimum Gasteiger partial charge on any atom is -0.359 e. The van der Waals surface area contributed by atoms with Crippen LogP contribution in [0.1, 0.15) is 16.7 Å². The molecule has 1 aromatic heterocycles. The van der Waals surface area contributed by atoms with Gasteiger partial charge in [-0.05, 0) is 43.1 Å². The molecule has 1 heterocycles. The lowest BCUT2D eigenvalue weighted by atomic mass is 10.1. The molecule has 1 N–H and O–H groups in total. The molecule has 0 aliphatic carbocycles. The maximum absolute atomic E-state index is 4.59. The van der Waals surface area contributed by atoms with E-state index in [0.717, 1.165) is 25.3 Å². The summed E-state index contributed by atoms with van der Waals surface area (Å²) in [7, 11) is 4.06. The Bertz CT molecular complexity index is 537. The molecule has 0 radical (unpaired) electrons. The van der Waals surface area contributed by atoms with Gasteiger partial charge in [0.15, 0.2) is 0 Å². The van der Waals surface area contributed by atoms with E-state index in [1.165, 1.54) is 16.7 Å². The first-order valence-electron chi connectivity index (χ1n) is 7.06. The highest BCUT2D eigenvalue weighted by molar-refractivity contribution is 5.46. The molecule has 0 aliphatic heterocycles. The molecule has 106 valence electrons. The van der Waals surface area contributed by atoms with Gasteiger partial charge in [-0.1, -0.05) is 30.3 Å². The standard InChI is InChI=1S/C17H23N3/c1-14-11-16(12-18-2)13-19-17(14)20(3)10-9-15-7-5-4-6-8-15/h4-8,11,13,18H,9-10,12H2,1-3H3. The van der Waals surface area contributed by atoms with E-state index in [-0.39, 0.29) is 0 Å². The minimum absolute atomic E-state index is 0.863. The molecule has 0 amide bonds. The van der Waals surface area contributed by atoms with Crippen molar-refractivity contribution in [2.45, 2.75) is 19.9 Å². The topological polar surface area (TPSA) is 28.2 Å². The molecule has 0 aliphatic rings. The molecule has 0 saturated carbocycles. The van der Waals surface area contributed by atoms with Crippen LogP contribution in [0.2, 0.25) is 0 Å². The van der Waals surface area contributed by atoms with Crippen molar-refractivity contribution in [3.8, 4) is 0 Å².